The Balaban J connectivity index is 1.37. The van der Waals surface area contributed by atoms with Crippen molar-refractivity contribution in [3.63, 3.8) is 0 Å². The summed E-state index contributed by atoms with van der Waals surface area (Å²) in [6.45, 7) is 4.54. The smallest absolute Gasteiger partial charge is 0.338 e. The lowest BCUT2D eigenvalue weighted by molar-refractivity contribution is -0.139. The molecule has 6 rings (SSSR count). The highest BCUT2D eigenvalue weighted by Gasteiger charge is 2.36. The van der Waals surface area contributed by atoms with Crippen LogP contribution in [-0.4, -0.2) is 38.2 Å². The molecule has 0 N–H and O–H groups in total. The number of esters is 1. The van der Waals surface area contributed by atoms with E-state index in [0.29, 0.717) is 62.2 Å². The van der Waals surface area contributed by atoms with E-state index in [-0.39, 0.29) is 19.0 Å². The predicted octanol–water partition coefficient (Wildman–Crippen LogP) is 4.90. The van der Waals surface area contributed by atoms with E-state index in [0.717, 1.165) is 23.3 Å². The topological polar surface area (TPSA) is 107 Å². The number of thiazole rings is 1. The van der Waals surface area contributed by atoms with E-state index < -0.39 is 12.0 Å². The minimum Gasteiger partial charge on any atom is -0.497 e. The number of hydrogen-bond donors (Lipinski definition) is 0. The van der Waals surface area contributed by atoms with Crippen LogP contribution in [0.15, 0.2) is 81.7 Å². The molecule has 0 amide bonds. The van der Waals surface area contributed by atoms with Gasteiger partial charge in [0.2, 0.25) is 6.79 Å². The van der Waals surface area contributed by atoms with Crippen molar-refractivity contribution in [1.29, 1.82) is 0 Å². The van der Waals surface area contributed by atoms with E-state index in [1.807, 2.05) is 55.5 Å². The van der Waals surface area contributed by atoms with Gasteiger partial charge in [-0.05, 0) is 73.0 Å². The molecule has 0 fully saturated rings. The third kappa shape index (κ3) is 6.10. The number of fused-ring (bicyclic) bond motifs is 2. The molecule has 0 radical (unpaired) electrons. The summed E-state index contributed by atoms with van der Waals surface area (Å²) in [7, 11) is 3.12. The van der Waals surface area contributed by atoms with Gasteiger partial charge in [0.15, 0.2) is 16.3 Å². The van der Waals surface area contributed by atoms with Crippen molar-refractivity contribution < 1.29 is 33.2 Å². The van der Waals surface area contributed by atoms with E-state index in [1.165, 1.54) is 11.3 Å². The first-order chi connectivity index (χ1) is 22.4. The molecule has 4 aromatic rings. The van der Waals surface area contributed by atoms with E-state index in [4.69, 9.17) is 33.4 Å². The molecule has 2 aliphatic rings. The average Bonchev–Trinajstić information content (AvgIpc) is 3.67. The Bertz CT molecular complexity index is 1980. The number of carbonyl (C=O) groups is 1. The molecule has 1 atom stereocenters. The molecule has 0 bridgehead atoms. The number of hydrogen-bond acceptors (Lipinski definition) is 10. The average molecular weight is 643 g/mol. The third-order valence-corrected chi connectivity index (χ3v) is 8.63. The van der Waals surface area contributed by atoms with Crippen LogP contribution in [0.1, 0.15) is 49.4 Å². The van der Waals surface area contributed by atoms with Gasteiger partial charge in [0.1, 0.15) is 29.9 Å². The maximum absolute atomic E-state index is 14.1. The number of carbonyl (C=O) groups excluding carboxylic acids is 1. The summed E-state index contributed by atoms with van der Waals surface area (Å²) in [5.74, 6) is 2.68. The molecular formula is C35H34N2O8S. The Hall–Kier alpha value is -5.03. The van der Waals surface area contributed by atoms with Crippen LogP contribution >= 0.6 is 11.3 Å². The van der Waals surface area contributed by atoms with Crippen LogP contribution in [0.5, 0.6) is 28.7 Å². The number of rotatable bonds is 11. The van der Waals surface area contributed by atoms with Crippen LogP contribution in [0, 0.1) is 0 Å². The maximum Gasteiger partial charge on any atom is 0.338 e. The predicted molar refractivity (Wildman–Crippen MR) is 173 cm³/mol. The largest absolute Gasteiger partial charge is 0.497 e. The Kier molecular flexibility index (Phi) is 9.11. The molecule has 2 aliphatic heterocycles. The van der Waals surface area contributed by atoms with Crippen molar-refractivity contribution in [2.75, 3.05) is 27.6 Å². The lowest BCUT2D eigenvalue weighted by Gasteiger charge is -2.27. The summed E-state index contributed by atoms with van der Waals surface area (Å²) in [6, 6.07) is 17.7. The zero-order valence-electron chi connectivity index (χ0n) is 26.0. The van der Waals surface area contributed by atoms with Crippen molar-refractivity contribution >= 4 is 23.4 Å². The molecular weight excluding hydrogens is 608 g/mol. The van der Waals surface area contributed by atoms with Crippen LogP contribution < -0.4 is 38.6 Å². The van der Waals surface area contributed by atoms with Gasteiger partial charge in [0.05, 0.1) is 36.6 Å². The second-order valence-electron chi connectivity index (χ2n) is 10.6. The minimum absolute atomic E-state index is 0.185. The molecule has 0 unspecified atom stereocenters. The van der Waals surface area contributed by atoms with Gasteiger partial charge in [-0.25, -0.2) is 9.79 Å². The van der Waals surface area contributed by atoms with Crippen molar-refractivity contribution in [1.82, 2.24) is 4.57 Å². The summed E-state index contributed by atoms with van der Waals surface area (Å²) in [4.78, 5) is 33.0. The number of methoxy groups -OCH3 is 2. The molecule has 3 heterocycles. The van der Waals surface area contributed by atoms with Gasteiger partial charge in [-0.1, -0.05) is 42.9 Å². The standard InChI is InChI=1S/C35H34N2O8S/c1-5-7-26-31(34(39)42-6-2)32(25-18-24(40-3)13-15-27(25)41-4)37-33(38)30(46-35(37)36-26)17-21-8-11-23(12-9-21)43-19-22-10-14-28-29(16-22)45-20-44-28/h8-18,32H,5-7,19-20H2,1-4H3/b30-17-/t32-/m0/s1. The minimum atomic E-state index is -0.823. The molecule has 0 aliphatic carbocycles. The molecule has 0 spiro atoms. The number of aromatic nitrogens is 1. The Morgan fingerprint density at radius 1 is 1.00 bits per heavy atom. The van der Waals surface area contributed by atoms with E-state index in [1.54, 1.807) is 43.9 Å². The van der Waals surface area contributed by atoms with Gasteiger partial charge in [-0.3, -0.25) is 9.36 Å². The summed E-state index contributed by atoms with van der Waals surface area (Å²) in [6.07, 6.45) is 3.11. The zero-order valence-corrected chi connectivity index (χ0v) is 26.8. The molecule has 46 heavy (non-hydrogen) atoms. The maximum atomic E-state index is 14.1. The monoisotopic (exact) mass is 642 g/mol. The molecule has 11 heteroatoms. The normalized spacial score (nSPS) is 15.3. The van der Waals surface area contributed by atoms with Crippen molar-refractivity contribution in [3.8, 4) is 28.7 Å². The van der Waals surface area contributed by atoms with E-state index >= 15 is 0 Å². The van der Waals surface area contributed by atoms with Crippen LogP contribution in [0.2, 0.25) is 0 Å². The summed E-state index contributed by atoms with van der Waals surface area (Å²) in [5, 5.41) is 0. The molecule has 10 nitrogen and oxygen atoms in total. The summed E-state index contributed by atoms with van der Waals surface area (Å²) < 4.78 is 35.6. The number of allylic oxidation sites excluding steroid dienone is 1. The Labute approximate surface area is 269 Å². The molecule has 0 saturated carbocycles. The van der Waals surface area contributed by atoms with Gasteiger partial charge in [-0.15, -0.1) is 0 Å². The van der Waals surface area contributed by atoms with Crippen LogP contribution in [0.25, 0.3) is 6.08 Å². The highest BCUT2D eigenvalue weighted by Crippen LogP contribution is 2.39. The summed E-state index contributed by atoms with van der Waals surface area (Å²) in [5.41, 5.74) is 3.01. The van der Waals surface area contributed by atoms with E-state index in [9.17, 15) is 9.59 Å². The zero-order chi connectivity index (χ0) is 32.2. The first-order valence-electron chi connectivity index (χ1n) is 15.0. The number of ether oxygens (including phenoxy) is 6. The molecule has 1 aromatic heterocycles. The van der Waals surface area contributed by atoms with Crippen LogP contribution in [-0.2, 0) is 16.1 Å². The fourth-order valence-electron chi connectivity index (χ4n) is 5.48. The van der Waals surface area contributed by atoms with Crippen LogP contribution in [0.4, 0.5) is 0 Å². The van der Waals surface area contributed by atoms with Crippen molar-refractivity contribution in [2.24, 2.45) is 4.99 Å². The second-order valence-corrected chi connectivity index (χ2v) is 11.6. The van der Waals surface area contributed by atoms with Crippen LogP contribution in [0.3, 0.4) is 0 Å². The Morgan fingerprint density at radius 2 is 1.78 bits per heavy atom. The lowest BCUT2D eigenvalue weighted by Crippen LogP contribution is -2.40. The highest BCUT2D eigenvalue weighted by molar-refractivity contribution is 7.07. The number of nitrogens with zero attached hydrogens (tertiary/aromatic N) is 2. The first-order valence-corrected chi connectivity index (χ1v) is 15.8. The van der Waals surface area contributed by atoms with Crippen molar-refractivity contribution in [3.05, 3.63) is 108 Å². The van der Waals surface area contributed by atoms with Crippen molar-refractivity contribution in [2.45, 2.75) is 39.3 Å². The SMILES string of the molecule is CCCC1=C(C(=O)OCC)[C@H](c2cc(OC)ccc2OC)n2c(s/c(=C\c3ccc(OCc4ccc5c(c4)OCO5)cc3)c2=O)=N1. The highest BCUT2D eigenvalue weighted by atomic mass is 32.1. The second kappa shape index (κ2) is 13.5. The summed E-state index contributed by atoms with van der Waals surface area (Å²) >= 11 is 1.27. The quantitative estimate of drug-likeness (QED) is 0.213. The molecule has 238 valence electrons. The van der Waals surface area contributed by atoms with E-state index in [2.05, 4.69) is 0 Å². The van der Waals surface area contributed by atoms with Gasteiger partial charge < -0.3 is 28.4 Å². The number of benzene rings is 3. The van der Waals surface area contributed by atoms with Gasteiger partial charge >= 0.3 is 5.97 Å². The first kappa shape index (κ1) is 31.0. The lowest BCUT2D eigenvalue weighted by atomic mass is 9.93. The Morgan fingerprint density at radius 3 is 2.52 bits per heavy atom. The molecule has 3 aromatic carbocycles. The fourth-order valence-corrected chi connectivity index (χ4v) is 6.50. The fraction of sp³-hybridized carbons (Fsp3) is 0.286. The van der Waals surface area contributed by atoms with Gasteiger partial charge in [0.25, 0.3) is 5.56 Å². The molecule has 0 saturated heterocycles. The van der Waals surface area contributed by atoms with Gasteiger partial charge in [-0.2, -0.15) is 0 Å². The van der Waals surface area contributed by atoms with Gasteiger partial charge in [0, 0.05) is 5.56 Å². The third-order valence-electron chi connectivity index (χ3n) is 7.64.